The highest BCUT2D eigenvalue weighted by molar-refractivity contribution is 4.77. The Bertz CT molecular complexity index is 162. The van der Waals surface area contributed by atoms with Crippen molar-refractivity contribution >= 4 is 0 Å². The third-order valence-corrected chi connectivity index (χ3v) is 3.57. The first-order valence-corrected chi connectivity index (χ1v) is 6.57. The second-order valence-corrected chi connectivity index (χ2v) is 5.32. The van der Waals surface area contributed by atoms with Gasteiger partial charge >= 0.3 is 0 Å². The fourth-order valence-electron chi connectivity index (χ4n) is 2.47. The van der Waals surface area contributed by atoms with Crippen molar-refractivity contribution in [1.29, 1.82) is 0 Å². The fourth-order valence-corrected chi connectivity index (χ4v) is 2.47. The summed E-state index contributed by atoms with van der Waals surface area (Å²) in [6.07, 6.45) is 9.15. The van der Waals surface area contributed by atoms with Crippen molar-refractivity contribution in [3.63, 3.8) is 0 Å². The van der Waals surface area contributed by atoms with Gasteiger partial charge in [0.2, 0.25) is 0 Å². The maximum absolute atomic E-state index is 10.1. The molecule has 1 aliphatic carbocycles. The van der Waals surface area contributed by atoms with E-state index in [1.54, 1.807) is 0 Å². The second-order valence-electron chi connectivity index (χ2n) is 5.32. The quantitative estimate of drug-likeness (QED) is 0.711. The molecule has 1 atom stereocenters. The Balaban J connectivity index is 2.15. The third kappa shape index (κ3) is 5.53. The minimum atomic E-state index is -0.506. The highest BCUT2D eigenvalue weighted by Crippen LogP contribution is 2.29. The first-order chi connectivity index (χ1) is 7.14. The molecule has 0 heterocycles. The first-order valence-electron chi connectivity index (χ1n) is 6.57. The first kappa shape index (κ1) is 13.0. The van der Waals surface area contributed by atoms with E-state index in [0.717, 1.165) is 25.4 Å². The Morgan fingerprint density at radius 1 is 1.27 bits per heavy atom. The molecule has 1 fully saturated rings. The van der Waals surface area contributed by atoms with Crippen LogP contribution in [-0.2, 0) is 0 Å². The van der Waals surface area contributed by atoms with E-state index in [1.165, 1.54) is 38.5 Å². The van der Waals surface area contributed by atoms with Gasteiger partial charge in [0, 0.05) is 6.54 Å². The molecule has 1 aliphatic rings. The Hall–Kier alpha value is -0.0800. The topological polar surface area (TPSA) is 32.3 Å². The van der Waals surface area contributed by atoms with Crippen molar-refractivity contribution in [2.45, 2.75) is 64.4 Å². The number of rotatable bonds is 6. The van der Waals surface area contributed by atoms with Gasteiger partial charge in [-0.3, -0.25) is 0 Å². The Labute approximate surface area is 94.5 Å². The maximum Gasteiger partial charge on any atom is 0.0743 e. The summed E-state index contributed by atoms with van der Waals surface area (Å²) < 4.78 is 0. The van der Waals surface area contributed by atoms with Crippen LogP contribution in [0.2, 0.25) is 0 Å². The number of nitrogens with one attached hydrogen (secondary N) is 1. The zero-order valence-electron chi connectivity index (χ0n) is 10.4. The van der Waals surface area contributed by atoms with Crippen LogP contribution in [0, 0.1) is 5.92 Å². The lowest BCUT2D eigenvalue weighted by Gasteiger charge is -2.28. The minimum absolute atomic E-state index is 0.506. The monoisotopic (exact) mass is 213 g/mol. The molecule has 0 saturated heterocycles. The number of aliphatic hydroxyl groups is 1. The van der Waals surface area contributed by atoms with Crippen LogP contribution in [0.15, 0.2) is 0 Å². The summed E-state index contributed by atoms with van der Waals surface area (Å²) in [6.45, 7) is 5.71. The molecule has 2 N–H and O–H groups in total. The molecule has 0 aromatic carbocycles. The normalized spacial score (nSPS) is 22.6. The predicted molar refractivity (Wildman–Crippen MR) is 65.0 cm³/mol. The summed E-state index contributed by atoms with van der Waals surface area (Å²) in [5, 5.41) is 13.3. The molecule has 1 unspecified atom stereocenters. The van der Waals surface area contributed by atoms with E-state index in [9.17, 15) is 5.11 Å². The van der Waals surface area contributed by atoms with Crippen molar-refractivity contribution in [2.75, 3.05) is 13.1 Å². The van der Waals surface area contributed by atoms with Crippen LogP contribution in [0.5, 0.6) is 0 Å². The lowest BCUT2D eigenvalue weighted by molar-refractivity contribution is 0.0427. The van der Waals surface area contributed by atoms with Crippen LogP contribution in [0.25, 0.3) is 0 Å². The molecular weight excluding hydrogens is 186 g/mol. The van der Waals surface area contributed by atoms with Crippen LogP contribution in [-0.4, -0.2) is 23.8 Å². The molecule has 0 aromatic heterocycles. The lowest BCUT2D eigenvalue weighted by Crippen LogP contribution is -2.38. The zero-order valence-corrected chi connectivity index (χ0v) is 10.4. The van der Waals surface area contributed by atoms with Crippen molar-refractivity contribution in [1.82, 2.24) is 5.32 Å². The largest absolute Gasteiger partial charge is 0.389 e. The smallest absolute Gasteiger partial charge is 0.0743 e. The average molecular weight is 213 g/mol. The highest BCUT2D eigenvalue weighted by Gasteiger charge is 2.22. The lowest BCUT2D eigenvalue weighted by atomic mass is 9.83. The standard InChI is InChI=1S/C13H27NO/c1-3-14-11-13(2,15)10-9-12-7-5-4-6-8-12/h12,14-15H,3-11H2,1-2H3. The minimum Gasteiger partial charge on any atom is -0.389 e. The van der Waals surface area contributed by atoms with Crippen LogP contribution in [0.4, 0.5) is 0 Å². The summed E-state index contributed by atoms with van der Waals surface area (Å²) in [5.74, 6) is 0.881. The molecule has 90 valence electrons. The maximum atomic E-state index is 10.1. The molecule has 0 aromatic rings. The van der Waals surface area contributed by atoms with Gasteiger partial charge in [0.1, 0.15) is 0 Å². The second kappa shape index (κ2) is 6.49. The van der Waals surface area contributed by atoms with E-state index >= 15 is 0 Å². The van der Waals surface area contributed by atoms with Gasteiger partial charge in [-0.25, -0.2) is 0 Å². The molecule has 1 rings (SSSR count). The van der Waals surface area contributed by atoms with E-state index in [0.29, 0.717) is 0 Å². The van der Waals surface area contributed by atoms with E-state index in [1.807, 2.05) is 6.92 Å². The molecule has 0 aliphatic heterocycles. The Morgan fingerprint density at radius 3 is 2.53 bits per heavy atom. The molecule has 0 radical (unpaired) electrons. The van der Waals surface area contributed by atoms with Crippen molar-refractivity contribution in [3.8, 4) is 0 Å². The summed E-state index contributed by atoms with van der Waals surface area (Å²) in [6, 6.07) is 0. The van der Waals surface area contributed by atoms with Gasteiger partial charge in [-0.2, -0.15) is 0 Å². The summed E-state index contributed by atoms with van der Waals surface area (Å²) in [5.41, 5.74) is -0.506. The van der Waals surface area contributed by atoms with Gasteiger partial charge in [-0.05, 0) is 32.2 Å². The average Bonchev–Trinajstić information content (AvgIpc) is 2.25. The van der Waals surface area contributed by atoms with Crippen LogP contribution < -0.4 is 5.32 Å². The van der Waals surface area contributed by atoms with E-state index in [2.05, 4.69) is 12.2 Å². The van der Waals surface area contributed by atoms with E-state index < -0.39 is 5.60 Å². The van der Waals surface area contributed by atoms with E-state index in [4.69, 9.17) is 0 Å². The van der Waals surface area contributed by atoms with Gasteiger partial charge in [0.05, 0.1) is 5.60 Å². The SMILES string of the molecule is CCNCC(C)(O)CCC1CCCCC1. The van der Waals surface area contributed by atoms with Crippen molar-refractivity contribution in [2.24, 2.45) is 5.92 Å². The van der Waals surface area contributed by atoms with Gasteiger partial charge in [-0.15, -0.1) is 0 Å². The van der Waals surface area contributed by atoms with Gasteiger partial charge < -0.3 is 10.4 Å². The summed E-state index contributed by atoms with van der Waals surface area (Å²) in [7, 11) is 0. The zero-order chi connectivity index (χ0) is 11.1. The molecule has 15 heavy (non-hydrogen) atoms. The Morgan fingerprint density at radius 2 is 1.93 bits per heavy atom. The molecule has 0 bridgehead atoms. The number of hydrogen-bond acceptors (Lipinski definition) is 2. The van der Waals surface area contributed by atoms with Gasteiger partial charge in [0.15, 0.2) is 0 Å². The molecule has 1 saturated carbocycles. The van der Waals surface area contributed by atoms with Crippen molar-refractivity contribution in [3.05, 3.63) is 0 Å². The number of hydrogen-bond donors (Lipinski definition) is 2. The Kier molecular flexibility index (Phi) is 5.62. The molecular formula is C13H27NO. The fraction of sp³-hybridized carbons (Fsp3) is 1.00. The molecule has 2 nitrogen and oxygen atoms in total. The molecule has 0 spiro atoms. The molecule has 2 heteroatoms. The van der Waals surface area contributed by atoms with Crippen LogP contribution in [0.3, 0.4) is 0 Å². The molecule has 0 amide bonds. The predicted octanol–water partition coefficient (Wildman–Crippen LogP) is 2.71. The van der Waals surface area contributed by atoms with E-state index in [-0.39, 0.29) is 0 Å². The summed E-state index contributed by atoms with van der Waals surface area (Å²) >= 11 is 0. The van der Waals surface area contributed by atoms with Crippen LogP contribution >= 0.6 is 0 Å². The van der Waals surface area contributed by atoms with Crippen molar-refractivity contribution < 1.29 is 5.11 Å². The van der Waals surface area contributed by atoms with Crippen LogP contribution in [0.1, 0.15) is 58.8 Å². The van der Waals surface area contributed by atoms with Gasteiger partial charge in [-0.1, -0.05) is 39.0 Å². The van der Waals surface area contributed by atoms with Gasteiger partial charge in [0.25, 0.3) is 0 Å². The third-order valence-electron chi connectivity index (χ3n) is 3.57. The summed E-state index contributed by atoms with van der Waals surface area (Å²) in [4.78, 5) is 0. The number of likely N-dealkylation sites (N-methyl/N-ethyl adjacent to an activating group) is 1. The highest BCUT2D eigenvalue weighted by atomic mass is 16.3.